The first-order chi connectivity index (χ1) is 13.5. The van der Waals surface area contributed by atoms with Gasteiger partial charge < -0.3 is 10.2 Å². The van der Waals surface area contributed by atoms with Crippen LogP contribution in [0.1, 0.15) is 20.7 Å². The second-order valence-electron chi connectivity index (χ2n) is 5.48. The van der Waals surface area contributed by atoms with Crippen LogP contribution >= 0.6 is 22.6 Å². The Bertz CT molecular complexity index is 1000. The van der Waals surface area contributed by atoms with Crippen LogP contribution in [0.5, 0.6) is 0 Å². The molecule has 0 spiro atoms. The largest absolute Gasteiger partial charge is 0.360 e. The molecule has 0 saturated carbocycles. The molecule has 3 N–H and O–H groups in total. The van der Waals surface area contributed by atoms with Crippen molar-refractivity contribution in [2.45, 2.75) is 0 Å². The topological polar surface area (TPSA) is 92.4 Å². The van der Waals surface area contributed by atoms with Gasteiger partial charge in [0.15, 0.2) is 0 Å². The highest BCUT2D eigenvalue weighted by molar-refractivity contribution is 14.1. The van der Waals surface area contributed by atoms with Gasteiger partial charge in [-0.25, -0.2) is 9.18 Å². The molecular weight excluding hydrogens is 478 g/mol. The minimum absolute atomic E-state index is 0.106. The first-order valence-electron chi connectivity index (χ1n) is 8.02. The van der Waals surface area contributed by atoms with Crippen molar-refractivity contribution in [3.05, 3.63) is 87.5 Å². The molecule has 0 aliphatic rings. The normalized spacial score (nSPS) is 10.2. The monoisotopic (exact) mass is 492 g/mol. The maximum Gasteiger partial charge on any atom is 0.360 e. The van der Waals surface area contributed by atoms with Crippen LogP contribution in [0.4, 0.5) is 15.8 Å². The van der Waals surface area contributed by atoms with E-state index in [9.17, 15) is 14.0 Å². The number of rotatable bonds is 6. The first kappa shape index (κ1) is 19.7. The maximum absolute atomic E-state index is 14.1. The van der Waals surface area contributed by atoms with Crippen LogP contribution in [0.25, 0.3) is 0 Å². The maximum atomic E-state index is 14.1. The zero-order chi connectivity index (χ0) is 19.9. The lowest BCUT2D eigenvalue weighted by Crippen LogP contribution is -2.39. The number of pyridine rings is 1. The smallest absolute Gasteiger partial charge is 0.351 e. The summed E-state index contributed by atoms with van der Waals surface area (Å²) >= 11 is 2.00. The van der Waals surface area contributed by atoms with Crippen LogP contribution in [0, 0.1) is 9.39 Å². The van der Waals surface area contributed by atoms with Gasteiger partial charge in [0, 0.05) is 15.3 Å². The summed E-state index contributed by atoms with van der Waals surface area (Å²) in [4.78, 5) is 33.0. The Morgan fingerprint density at radius 2 is 1.82 bits per heavy atom. The molecular formula is C19H14FIN4O3. The Morgan fingerprint density at radius 1 is 1.04 bits per heavy atom. The third kappa shape index (κ3) is 5.02. The van der Waals surface area contributed by atoms with Crippen LogP contribution in [0.3, 0.4) is 0 Å². The quantitative estimate of drug-likeness (QED) is 0.360. The van der Waals surface area contributed by atoms with E-state index >= 15 is 0 Å². The Labute approximate surface area is 173 Å². The summed E-state index contributed by atoms with van der Waals surface area (Å²) in [5.41, 5.74) is 5.32. The second-order valence-corrected chi connectivity index (χ2v) is 6.73. The lowest BCUT2D eigenvalue weighted by molar-refractivity contribution is 0.0138. The Morgan fingerprint density at radius 3 is 2.57 bits per heavy atom. The molecule has 0 fully saturated rings. The van der Waals surface area contributed by atoms with Crippen LogP contribution in [-0.2, 0) is 4.84 Å². The van der Waals surface area contributed by atoms with Crippen molar-refractivity contribution in [2.75, 3.05) is 5.32 Å². The van der Waals surface area contributed by atoms with Crippen molar-refractivity contribution in [3.8, 4) is 0 Å². The molecule has 9 heteroatoms. The molecule has 142 valence electrons. The highest BCUT2D eigenvalue weighted by Gasteiger charge is 2.15. The van der Waals surface area contributed by atoms with Gasteiger partial charge in [0.25, 0.3) is 5.91 Å². The number of aromatic nitrogens is 1. The predicted molar refractivity (Wildman–Crippen MR) is 109 cm³/mol. The molecule has 3 aromatic rings. The van der Waals surface area contributed by atoms with Gasteiger partial charge in [0.1, 0.15) is 5.82 Å². The number of amides is 1. The fourth-order valence-electron chi connectivity index (χ4n) is 2.24. The molecule has 0 aliphatic carbocycles. The van der Waals surface area contributed by atoms with E-state index < -0.39 is 17.7 Å². The molecule has 1 aromatic heterocycles. The average Bonchev–Trinajstić information content (AvgIpc) is 2.71. The Kier molecular flexibility index (Phi) is 6.50. The molecule has 0 radical (unpaired) electrons. The highest BCUT2D eigenvalue weighted by atomic mass is 127. The van der Waals surface area contributed by atoms with Crippen LogP contribution in [0.2, 0.25) is 0 Å². The van der Waals surface area contributed by atoms with Gasteiger partial charge in [0.2, 0.25) is 0 Å². The third-order valence-electron chi connectivity index (χ3n) is 3.59. The third-order valence-corrected chi connectivity index (χ3v) is 4.26. The standard InChI is InChI=1S/C19H14FIN4O3/c20-15-10-13(21)6-7-16(15)23-17-11-22-9-8-14(17)19(27)28-25-24-18(26)12-4-2-1-3-5-12/h1-11,23,25H,(H,24,26). The van der Waals surface area contributed by atoms with E-state index in [4.69, 9.17) is 4.84 Å². The summed E-state index contributed by atoms with van der Waals surface area (Å²) in [5, 5.41) is 2.82. The number of nitrogens with zero attached hydrogens (tertiary/aromatic N) is 1. The van der Waals surface area contributed by atoms with Crippen LogP contribution in [-0.4, -0.2) is 16.9 Å². The molecule has 28 heavy (non-hydrogen) atoms. The lowest BCUT2D eigenvalue weighted by Gasteiger charge is -2.12. The molecule has 1 amide bonds. The lowest BCUT2D eigenvalue weighted by atomic mass is 10.2. The predicted octanol–water partition coefficient (Wildman–Crippen LogP) is 3.58. The summed E-state index contributed by atoms with van der Waals surface area (Å²) in [5.74, 6) is -1.73. The Hall–Kier alpha value is -3.05. The summed E-state index contributed by atoms with van der Waals surface area (Å²) < 4.78 is 14.8. The van der Waals surface area contributed by atoms with E-state index in [0.717, 1.165) is 3.57 Å². The minimum atomic E-state index is -0.788. The van der Waals surface area contributed by atoms with Crippen molar-refractivity contribution in [1.29, 1.82) is 0 Å². The fourth-order valence-corrected chi connectivity index (χ4v) is 2.70. The molecule has 0 bridgehead atoms. The SMILES string of the molecule is O=C(NNOC(=O)c1ccncc1Nc1ccc(I)cc1F)c1ccccc1. The molecule has 0 aliphatic heterocycles. The fraction of sp³-hybridized carbons (Fsp3) is 0. The molecule has 1 heterocycles. The zero-order valence-corrected chi connectivity index (χ0v) is 16.4. The number of hydrogen-bond acceptors (Lipinski definition) is 6. The van der Waals surface area contributed by atoms with Gasteiger partial charge in [-0.15, -0.1) is 0 Å². The number of hydrogen-bond donors (Lipinski definition) is 3. The molecule has 7 nitrogen and oxygen atoms in total. The van der Waals surface area contributed by atoms with Crippen molar-refractivity contribution in [2.24, 2.45) is 0 Å². The van der Waals surface area contributed by atoms with Gasteiger partial charge in [0.05, 0.1) is 23.1 Å². The van der Waals surface area contributed by atoms with E-state index in [-0.39, 0.29) is 16.9 Å². The number of carbonyl (C=O) groups is 2. The van der Waals surface area contributed by atoms with Crippen molar-refractivity contribution < 1.29 is 18.8 Å². The summed E-state index contributed by atoms with van der Waals surface area (Å²) in [6, 6.07) is 14.5. The van der Waals surface area contributed by atoms with E-state index in [1.807, 2.05) is 22.6 Å². The van der Waals surface area contributed by atoms with Crippen LogP contribution in [0.15, 0.2) is 67.0 Å². The van der Waals surface area contributed by atoms with Gasteiger partial charge in [-0.05, 0) is 59.0 Å². The molecule has 0 unspecified atom stereocenters. The summed E-state index contributed by atoms with van der Waals surface area (Å²) in [6.07, 6.45) is 2.77. The van der Waals surface area contributed by atoms with Crippen molar-refractivity contribution >= 4 is 45.8 Å². The second kappa shape index (κ2) is 9.24. The highest BCUT2D eigenvalue weighted by Crippen LogP contribution is 2.24. The van der Waals surface area contributed by atoms with E-state index in [0.29, 0.717) is 5.56 Å². The Balaban J connectivity index is 1.65. The van der Waals surface area contributed by atoms with Gasteiger partial charge in [-0.1, -0.05) is 23.8 Å². The molecule has 2 aromatic carbocycles. The van der Waals surface area contributed by atoms with E-state index in [1.165, 1.54) is 24.5 Å². The number of hydrazine groups is 1. The minimum Gasteiger partial charge on any atom is -0.351 e. The van der Waals surface area contributed by atoms with E-state index in [2.05, 4.69) is 21.3 Å². The number of carbonyl (C=O) groups excluding carboxylic acids is 2. The van der Waals surface area contributed by atoms with Gasteiger partial charge >= 0.3 is 5.97 Å². The van der Waals surface area contributed by atoms with Crippen molar-refractivity contribution in [3.63, 3.8) is 0 Å². The van der Waals surface area contributed by atoms with E-state index in [1.54, 1.807) is 42.5 Å². The number of benzene rings is 2. The molecule has 0 atom stereocenters. The first-order valence-corrected chi connectivity index (χ1v) is 9.10. The summed E-state index contributed by atoms with van der Waals surface area (Å²) in [7, 11) is 0. The molecule has 0 saturated heterocycles. The van der Waals surface area contributed by atoms with Gasteiger partial charge in [-0.3, -0.25) is 15.2 Å². The van der Waals surface area contributed by atoms with Gasteiger partial charge in [-0.2, -0.15) is 0 Å². The van der Waals surface area contributed by atoms with Crippen molar-refractivity contribution in [1.82, 2.24) is 16.0 Å². The molecule has 3 rings (SSSR count). The summed E-state index contributed by atoms with van der Waals surface area (Å²) in [6.45, 7) is 0. The van der Waals surface area contributed by atoms with Crippen LogP contribution < -0.4 is 16.3 Å². The zero-order valence-electron chi connectivity index (χ0n) is 14.3. The number of nitrogens with one attached hydrogen (secondary N) is 3. The average molecular weight is 492 g/mol. The number of anilines is 2. The number of halogens is 2.